The molecule has 1 nitrogen and oxygen atoms in total. The van der Waals surface area contributed by atoms with Gasteiger partial charge in [0.15, 0.2) is 0 Å². The summed E-state index contributed by atoms with van der Waals surface area (Å²) < 4.78 is 0. The Morgan fingerprint density at radius 1 is 0.600 bits per heavy atom. The van der Waals surface area contributed by atoms with Gasteiger partial charge in [-0.3, -0.25) is 0 Å². The lowest BCUT2D eigenvalue weighted by molar-refractivity contribution is 0.318. The topological polar surface area (TPSA) is 3.24 Å². The third kappa shape index (κ3) is 11.9. The van der Waals surface area contributed by atoms with Crippen molar-refractivity contribution in [1.29, 1.82) is 0 Å². The highest BCUT2D eigenvalue weighted by atomic mass is 15.1. The molecule has 0 saturated heterocycles. The van der Waals surface area contributed by atoms with E-state index in [9.17, 15) is 0 Å². The molecule has 0 amide bonds. The van der Waals surface area contributed by atoms with Gasteiger partial charge in [0.05, 0.1) is 0 Å². The summed E-state index contributed by atoms with van der Waals surface area (Å²) in [6.07, 6.45) is 12.6. The zero-order valence-corrected chi connectivity index (χ0v) is 11.2. The fourth-order valence-corrected chi connectivity index (χ4v) is 1.88. The van der Waals surface area contributed by atoms with Crippen LogP contribution in [0.4, 0.5) is 0 Å². The Kier molecular flexibility index (Phi) is 12.0. The van der Waals surface area contributed by atoms with Gasteiger partial charge in [0.25, 0.3) is 0 Å². The van der Waals surface area contributed by atoms with E-state index in [1.807, 2.05) is 0 Å². The molecule has 0 saturated carbocycles. The first-order valence-corrected chi connectivity index (χ1v) is 6.99. The highest BCUT2D eigenvalue weighted by Crippen LogP contribution is 2.07. The maximum absolute atomic E-state index is 2.48. The Morgan fingerprint density at radius 2 is 1.07 bits per heavy atom. The lowest BCUT2D eigenvalue weighted by Crippen LogP contribution is -2.20. The van der Waals surface area contributed by atoms with Gasteiger partial charge in [0, 0.05) is 0 Å². The van der Waals surface area contributed by atoms with Crippen molar-refractivity contribution >= 4 is 0 Å². The van der Waals surface area contributed by atoms with E-state index in [1.165, 1.54) is 70.9 Å². The first-order chi connectivity index (χ1) is 7.31. The molecule has 0 aromatic heterocycles. The summed E-state index contributed by atoms with van der Waals surface area (Å²) in [5, 5.41) is 0. The first kappa shape index (κ1) is 15.0. The maximum atomic E-state index is 2.48. The molecule has 0 aliphatic rings. The molecule has 0 fully saturated rings. The average Bonchev–Trinajstić information content (AvgIpc) is 2.25. The predicted molar refractivity (Wildman–Crippen MR) is 70.4 cm³/mol. The minimum Gasteiger partial charge on any atom is -0.306 e. The molecule has 0 aromatic carbocycles. The molecule has 0 atom stereocenters. The van der Waals surface area contributed by atoms with Crippen molar-refractivity contribution in [3.8, 4) is 0 Å². The van der Waals surface area contributed by atoms with Crippen LogP contribution in [-0.2, 0) is 0 Å². The van der Waals surface area contributed by atoms with Crippen LogP contribution < -0.4 is 0 Å². The van der Waals surface area contributed by atoms with Crippen LogP contribution >= 0.6 is 0 Å². The van der Waals surface area contributed by atoms with Crippen LogP contribution in [0.1, 0.15) is 71.6 Å². The predicted octanol–water partition coefficient (Wildman–Crippen LogP) is 4.47. The molecule has 0 unspecified atom stereocenters. The van der Waals surface area contributed by atoms with E-state index in [1.54, 1.807) is 0 Å². The van der Waals surface area contributed by atoms with Crippen molar-refractivity contribution in [2.45, 2.75) is 71.6 Å². The molecule has 0 heterocycles. The standard InChI is InChI=1S/C14H31N/c1-4-6-8-9-10-11-12-14-15(3)13-7-5-2/h4-14H2,1-3H3. The Hall–Kier alpha value is -0.0400. The summed E-state index contributed by atoms with van der Waals surface area (Å²) >= 11 is 0. The van der Waals surface area contributed by atoms with Gasteiger partial charge in [0.1, 0.15) is 0 Å². The van der Waals surface area contributed by atoms with Gasteiger partial charge in [-0.2, -0.15) is 0 Å². The smallest absolute Gasteiger partial charge is 0.00218 e. The molecule has 0 rings (SSSR count). The zero-order chi connectivity index (χ0) is 11.4. The number of nitrogens with zero attached hydrogens (tertiary/aromatic N) is 1. The maximum Gasteiger partial charge on any atom is -0.00218 e. The fraction of sp³-hybridized carbons (Fsp3) is 1.00. The summed E-state index contributed by atoms with van der Waals surface area (Å²) in [6, 6.07) is 0. The number of rotatable bonds is 11. The molecule has 0 aliphatic heterocycles. The highest BCUT2D eigenvalue weighted by Gasteiger charge is 1.96. The van der Waals surface area contributed by atoms with E-state index in [4.69, 9.17) is 0 Å². The highest BCUT2D eigenvalue weighted by molar-refractivity contribution is 4.52. The van der Waals surface area contributed by atoms with E-state index in [-0.39, 0.29) is 0 Å². The van der Waals surface area contributed by atoms with Crippen LogP contribution in [0.3, 0.4) is 0 Å². The van der Waals surface area contributed by atoms with Crippen molar-refractivity contribution < 1.29 is 0 Å². The van der Waals surface area contributed by atoms with E-state index < -0.39 is 0 Å². The third-order valence-corrected chi connectivity index (χ3v) is 3.04. The van der Waals surface area contributed by atoms with Crippen LogP contribution in [0, 0.1) is 0 Å². The third-order valence-electron chi connectivity index (χ3n) is 3.04. The largest absolute Gasteiger partial charge is 0.306 e. The molecule has 0 N–H and O–H groups in total. The lowest BCUT2D eigenvalue weighted by atomic mass is 10.1. The van der Waals surface area contributed by atoms with E-state index in [0.29, 0.717) is 0 Å². The summed E-state index contributed by atoms with van der Waals surface area (Å²) in [5.41, 5.74) is 0. The normalized spacial score (nSPS) is 11.2. The van der Waals surface area contributed by atoms with E-state index in [0.717, 1.165) is 0 Å². The number of hydrogen-bond acceptors (Lipinski definition) is 1. The van der Waals surface area contributed by atoms with Crippen molar-refractivity contribution in [2.75, 3.05) is 20.1 Å². The van der Waals surface area contributed by atoms with Crippen molar-refractivity contribution in [3.63, 3.8) is 0 Å². The monoisotopic (exact) mass is 213 g/mol. The Labute approximate surface area is 97.2 Å². The lowest BCUT2D eigenvalue weighted by Gasteiger charge is -2.15. The second-order valence-electron chi connectivity index (χ2n) is 4.78. The van der Waals surface area contributed by atoms with Crippen LogP contribution in [-0.4, -0.2) is 25.0 Å². The van der Waals surface area contributed by atoms with Crippen LogP contribution in [0.2, 0.25) is 0 Å². The molecule has 0 bridgehead atoms. The minimum absolute atomic E-state index is 1.28. The minimum atomic E-state index is 1.28. The number of hydrogen-bond donors (Lipinski definition) is 0. The van der Waals surface area contributed by atoms with Crippen LogP contribution in [0.25, 0.3) is 0 Å². The Bertz CT molecular complexity index is 112. The van der Waals surface area contributed by atoms with Gasteiger partial charge in [-0.15, -0.1) is 0 Å². The number of unbranched alkanes of at least 4 members (excludes halogenated alkanes) is 7. The molecule has 0 aliphatic carbocycles. The van der Waals surface area contributed by atoms with E-state index in [2.05, 4.69) is 25.8 Å². The van der Waals surface area contributed by atoms with Gasteiger partial charge >= 0.3 is 0 Å². The molecule has 15 heavy (non-hydrogen) atoms. The molecule has 0 spiro atoms. The fourth-order valence-electron chi connectivity index (χ4n) is 1.88. The molecule has 1 heteroatoms. The second kappa shape index (κ2) is 12.0. The summed E-state index contributed by atoms with van der Waals surface area (Å²) in [6.45, 7) is 7.13. The summed E-state index contributed by atoms with van der Waals surface area (Å²) in [7, 11) is 2.26. The average molecular weight is 213 g/mol. The van der Waals surface area contributed by atoms with E-state index >= 15 is 0 Å². The summed E-state index contributed by atoms with van der Waals surface area (Å²) in [5.74, 6) is 0. The van der Waals surface area contributed by atoms with Crippen molar-refractivity contribution in [1.82, 2.24) is 4.90 Å². The van der Waals surface area contributed by atoms with Gasteiger partial charge in [-0.1, -0.05) is 58.8 Å². The van der Waals surface area contributed by atoms with Gasteiger partial charge in [-0.25, -0.2) is 0 Å². The SMILES string of the molecule is CCCCCCCCCN(C)CCCC. The molecule has 0 radical (unpaired) electrons. The second-order valence-corrected chi connectivity index (χ2v) is 4.78. The Morgan fingerprint density at radius 3 is 1.67 bits per heavy atom. The molecular weight excluding hydrogens is 182 g/mol. The first-order valence-electron chi connectivity index (χ1n) is 6.99. The molecule has 92 valence electrons. The molecule has 0 aromatic rings. The Balaban J connectivity index is 3.02. The summed E-state index contributed by atoms with van der Waals surface area (Å²) in [4.78, 5) is 2.48. The quantitative estimate of drug-likeness (QED) is 0.458. The van der Waals surface area contributed by atoms with Crippen LogP contribution in [0.15, 0.2) is 0 Å². The van der Waals surface area contributed by atoms with Crippen LogP contribution in [0.5, 0.6) is 0 Å². The van der Waals surface area contributed by atoms with Crippen molar-refractivity contribution in [2.24, 2.45) is 0 Å². The zero-order valence-electron chi connectivity index (χ0n) is 11.2. The van der Waals surface area contributed by atoms with Crippen molar-refractivity contribution in [3.05, 3.63) is 0 Å². The van der Waals surface area contributed by atoms with Gasteiger partial charge < -0.3 is 4.90 Å². The van der Waals surface area contributed by atoms with Gasteiger partial charge in [-0.05, 0) is 33.0 Å². The molecular formula is C14H31N. The van der Waals surface area contributed by atoms with Gasteiger partial charge in [0.2, 0.25) is 0 Å².